The molecule has 0 aliphatic carbocycles. The first-order valence-electron chi connectivity index (χ1n) is 7.45. The number of nitrogens with one attached hydrogen (secondary N) is 2. The van der Waals surface area contributed by atoms with Crippen molar-refractivity contribution in [2.45, 2.75) is 11.8 Å². The van der Waals surface area contributed by atoms with Gasteiger partial charge in [-0.25, -0.2) is 13.4 Å². The molecule has 6 nitrogen and oxygen atoms in total. The summed E-state index contributed by atoms with van der Waals surface area (Å²) in [5, 5.41) is 4.83. The Morgan fingerprint density at radius 1 is 1.08 bits per heavy atom. The Balaban J connectivity index is 1.72. The second kappa shape index (κ2) is 7.45. The first-order chi connectivity index (χ1) is 12.3. The summed E-state index contributed by atoms with van der Waals surface area (Å²) >= 11 is 6.83. The number of thiazole rings is 1. The molecule has 0 aliphatic heterocycles. The molecule has 9 heteroatoms. The van der Waals surface area contributed by atoms with E-state index in [1.165, 1.54) is 17.5 Å². The van der Waals surface area contributed by atoms with Crippen LogP contribution in [0.4, 0.5) is 10.8 Å². The van der Waals surface area contributed by atoms with Crippen molar-refractivity contribution in [3.8, 4) is 0 Å². The van der Waals surface area contributed by atoms with Crippen LogP contribution in [0.3, 0.4) is 0 Å². The second-order valence-corrected chi connectivity index (χ2v) is 8.39. The van der Waals surface area contributed by atoms with E-state index in [4.69, 9.17) is 11.6 Å². The van der Waals surface area contributed by atoms with Crippen molar-refractivity contribution >= 4 is 49.7 Å². The summed E-state index contributed by atoms with van der Waals surface area (Å²) < 4.78 is 27.1. The lowest BCUT2D eigenvalue weighted by molar-refractivity contribution is 0.102. The number of sulfonamides is 1. The number of amides is 1. The van der Waals surface area contributed by atoms with Gasteiger partial charge >= 0.3 is 0 Å². The number of aryl methyl sites for hydroxylation is 1. The first-order valence-corrected chi connectivity index (χ1v) is 10.2. The van der Waals surface area contributed by atoms with Crippen LogP contribution in [-0.4, -0.2) is 19.3 Å². The molecule has 0 aliphatic rings. The van der Waals surface area contributed by atoms with Crippen molar-refractivity contribution < 1.29 is 13.2 Å². The maximum absolute atomic E-state index is 12.4. The highest BCUT2D eigenvalue weighted by Crippen LogP contribution is 2.21. The zero-order valence-corrected chi connectivity index (χ0v) is 16.0. The molecule has 134 valence electrons. The van der Waals surface area contributed by atoms with Crippen LogP contribution in [0.25, 0.3) is 0 Å². The molecule has 2 N–H and O–H groups in total. The van der Waals surface area contributed by atoms with Gasteiger partial charge in [0.2, 0.25) is 0 Å². The lowest BCUT2D eigenvalue weighted by Gasteiger charge is -2.05. The summed E-state index contributed by atoms with van der Waals surface area (Å²) in [7, 11) is -3.75. The Morgan fingerprint density at radius 3 is 2.38 bits per heavy atom. The molecule has 0 unspecified atom stereocenters. The number of aromatic nitrogens is 1. The van der Waals surface area contributed by atoms with Gasteiger partial charge in [0.1, 0.15) is 5.69 Å². The van der Waals surface area contributed by atoms with Crippen LogP contribution in [0, 0.1) is 6.92 Å². The minimum atomic E-state index is -3.75. The third kappa shape index (κ3) is 4.40. The number of hydrogen-bond acceptors (Lipinski definition) is 5. The number of hydrogen-bond donors (Lipinski definition) is 2. The Kier molecular flexibility index (Phi) is 5.26. The van der Waals surface area contributed by atoms with E-state index in [0.717, 1.165) is 16.9 Å². The highest BCUT2D eigenvalue weighted by atomic mass is 35.5. The number of carbonyl (C=O) groups is 1. The standard InChI is InChI=1S/C17H14ClN3O3S2/c1-11-2-8-14(9-3-11)26(23,24)21-17-20-15(10-25-17)16(22)19-13-6-4-12(18)5-7-13/h2-10H,1H3,(H,19,22)(H,20,21). The van der Waals surface area contributed by atoms with Crippen LogP contribution in [0.5, 0.6) is 0 Å². The lowest BCUT2D eigenvalue weighted by atomic mass is 10.2. The van der Waals surface area contributed by atoms with E-state index in [9.17, 15) is 13.2 Å². The van der Waals surface area contributed by atoms with Gasteiger partial charge in [-0.05, 0) is 43.3 Å². The lowest BCUT2D eigenvalue weighted by Crippen LogP contribution is -2.14. The average molecular weight is 408 g/mol. The van der Waals surface area contributed by atoms with Gasteiger partial charge in [0.15, 0.2) is 5.13 Å². The molecule has 0 saturated heterocycles. The van der Waals surface area contributed by atoms with Crippen molar-refractivity contribution in [1.29, 1.82) is 0 Å². The summed E-state index contributed by atoms with van der Waals surface area (Å²) in [4.78, 5) is 16.4. The molecular formula is C17H14ClN3O3S2. The Bertz CT molecular complexity index is 1030. The van der Waals surface area contributed by atoms with Crippen LogP contribution < -0.4 is 10.0 Å². The molecule has 0 spiro atoms. The largest absolute Gasteiger partial charge is 0.321 e. The van der Waals surface area contributed by atoms with Crippen LogP contribution in [0.2, 0.25) is 5.02 Å². The normalized spacial score (nSPS) is 11.2. The molecule has 1 amide bonds. The van der Waals surface area contributed by atoms with Crippen molar-refractivity contribution in [3.63, 3.8) is 0 Å². The fraction of sp³-hybridized carbons (Fsp3) is 0.0588. The quantitative estimate of drug-likeness (QED) is 0.664. The van der Waals surface area contributed by atoms with Crippen LogP contribution in [0.1, 0.15) is 16.1 Å². The zero-order valence-electron chi connectivity index (χ0n) is 13.6. The second-order valence-electron chi connectivity index (χ2n) is 5.42. The molecule has 3 aromatic rings. The highest BCUT2D eigenvalue weighted by molar-refractivity contribution is 7.93. The molecule has 0 atom stereocenters. The van der Waals surface area contributed by atoms with Crippen LogP contribution >= 0.6 is 22.9 Å². The smallest absolute Gasteiger partial charge is 0.275 e. The summed E-state index contributed by atoms with van der Waals surface area (Å²) in [6.07, 6.45) is 0. The Hall–Kier alpha value is -2.42. The number of rotatable bonds is 5. The molecule has 2 aromatic carbocycles. The minimum Gasteiger partial charge on any atom is -0.321 e. The summed E-state index contributed by atoms with van der Waals surface area (Å²) in [5.41, 5.74) is 1.64. The number of carbonyl (C=O) groups excluding carboxylic acids is 1. The predicted molar refractivity (Wildman–Crippen MR) is 104 cm³/mol. The van der Waals surface area contributed by atoms with Crippen molar-refractivity contribution in [2.75, 3.05) is 10.0 Å². The zero-order chi connectivity index (χ0) is 18.7. The van der Waals surface area contributed by atoms with E-state index in [1.54, 1.807) is 36.4 Å². The fourth-order valence-corrected chi connectivity index (χ4v) is 4.11. The average Bonchev–Trinajstić information content (AvgIpc) is 3.05. The van der Waals surface area contributed by atoms with E-state index in [1.807, 2.05) is 6.92 Å². The molecule has 26 heavy (non-hydrogen) atoms. The van der Waals surface area contributed by atoms with Gasteiger partial charge in [-0.1, -0.05) is 29.3 Å². The summed E-state index contributed by atoms with van der Waals surface area (Å²) in [6, 6.07) is 13.1. The number of halogens is 1. The molecule has 0 radical (unpaired) electrons. The Morgan fingerprint density at radius 2 is 1.73 bits per heavy atom. The predicted octanol–water partition coefficient (Wildman–Crippen LogP) is 4.16. The van der Waals surface area contributed by atoms with Gasteiger partial charge in [0, 0.05) is 16.1 Å². The molecule has 0 saturated carbocycles. The number of nitrogens with zero attached hydrogens (tertiary/aromatic N) is 1. The van der Waals surface area contributed by atoms with E-state index in [2.05, 4.69) is 15.0 Å². The van der Waals surface area contributed by atoms with Gasteiger partial charge in [0.05, 0.1) is 4.90 Å². The van der Waals surface area contributed by atoms with Crippen molar-refractivity contribution in [2.24, 2.45) is 0 Å². The van der Waals surface area contributed by atoms with Crippen LogP contribution in [-0.2, 0) is 10.0 Å². The van der Waals surface area contributed by atoms with Gasteiger partial charge in [-0.3, -0.25) is 9.52 Å². The molecule has 0 fully saturated rings. The van der Waals surface area contributed by atoms with E-state index >= 15 is 0 Å². The van der Waals surface area contributed by atoms with E-state index in [0.29, 0.717) is 10.7 Å². The van der Waals surface area contributed by atoms with Crippen molar-refractivity contribution in [1.82, 2.24) is 4.98 Å². The molecule has 1 heterocycles. The molecular weight excluding hydrogens is 394 g/mol. The Labute approximate surface area is 159 Å². The van der Waals surface area contributed by atoms with Gasteiger partial charge in [-0.15, -0.1) is 11.3 Å². The molecule has 0 bridgehead atoms. The van der Waals surface area contributed by atoms with E-state index < -0.39 is 15.9 Å². The molecule has 1 aromatic heterocycles. The number of benzene rings is 2. The molecule has 3 rings (SSSR count). The summed E-state index contributed by atoms with van der Waals surface area (Å²) in [6.45, 7) is 1.87. The highest BCUT2D eigenvalue weighted by Gasteiger charge is 2.18. The van der Waals surface area contributed by atoms with Gasteiger partial charge in [-0.2, -0.15) is 0 Å². The van der Waals surface area contributed by atoms with Gasteiger partial charge < -0.3 is 5.32 Å². The third-order valence-corrected chi connectivity index (χ3v) is 5.89. The maximum atomic E-state index is 12.4. The number of anilines is 2. The monoisotopic (exact) mass is 407 g/mol. The first kappa shape index (κ1) is 18.4. The topological polar surface area (TPSA) is 88.2 Å². The SMILES string of the molecule is Cc1ccc(S(=O)(=O)Nc2nc(C(=O)Nc3ccc(Cl)cc3)cs2)cc1. The maximum Gasteiger partial charge on any atom is 0.275 e. The fourth-order valence-electron chi connectivity index (χ4n) is 2.04. The summed E-state index contributed by atoms with van der Waals surface area (Å²) in [5.74, 6) is -0.440. The van der Waals surface area contributed by atoms with Gasteiger partial charge in [0.25, 0.3) is 15.9 Å². The van der Waals surface area contributed by atoms with E-state index in [-0.39, 0.29) is 15.7 Å². The minimum absolute atomic E-state index is 0.117. The van der Waals surface area contributed by atoms with Crippen molar-refractivity contribution in [3.05, 3.63) is 70.2 Å². The third-order valence-electron chi connectivity index (χ3n) is 3.39. The van der Waals surface area contributed by atoms with Crippen LogP contribution in [0.15, 0.2) is 58.8 Å².